The predicted octanol–water partition coefficient (Wildman–Crippen LogP) is 5.08. The van der Waals surface area contributed by atoms with E-state index >= 15 is 0 Å². The number of ether oxygens (including phenoxy) is 3. The first kappa shape index (κ1) is 29.7. The van der Waals surface area contributed by atoms with Gasteiger partial charge in [0.1, 0.15) is 12.4 Å². The van der Waals surface area contributed by atoms with Crippen LogP contribution in [-0.2, 0) is 37.3 Å². The Balaban J connectivity index is 1.75. The van der Waals surface area contributed by atoms with Crippen LogP contribution in [0.2, 0.25) is 0 Å². The molecule has 0 bridgehead atoms. The molecule has 8 nitrogen and oxygen atoms in total. The molecule has 2 aromatic carbocycles. The normalized spacial score (nSPS) is 18.9. The summed E-state index contributed by atoms with van der Waals surface area (Å²) >= 11 is 0. The average molecular weight is 567 g/mol. The van der Waals surface area contributed by atoms with Crippen molar-refractivity contribution in [2.45, 2.75) is 68.0 Å². The molecule has 1 N–H and O–H groups in total. The zero-order valence-electron chi connectivity index (χ0n) is 23.1. The number of esters is 1. The number of pyridine rings is 1. The van der Waals surface area contributed by atoms with E-state index in [-0.39, 0.29) is 24.2 Å². The first-order valence-corrected chi connectivity index (χ1v) is 15.2. The number of nitrogens with one attached hydrogen (secondary N) is 1. The Morgan fingerprint density at radius 1 is 0.950 bits per heavy atom. The number of methoxy groups -OCH3 is 1. The molecule has 0 saturated heterocycles. The minimum Gasteiger partial charge on any atom is -0.497 e. The lowest BCUT2D eigenvalue weighted by Crippen LogP contribution is -2.63. The van der Waals surface area contributed by atoms with Crippen LogP contribution in [0.5, 0.6) is 5.75 Å². The maximum Gasteiger partial charge on any atom is 0.343 e. The molecule has 1 heterocycles. The van der Waals surface area contributed by atoms with Crippen LogP contribution in [0, 0.1) is 5.92 Å². The summed E-state index contributed by atoms with van der Waals surface area (Å²) in [5.74, 6) is -0.820. The zero-order chi connectivity index (χ0) is 28.4. The summed E-state index contributed by atoms with van der Waals surface area (Å²) in [6.45, 7) is 2.82. The second-order valence-electron chi connectivity index (χ2n) is 10.0. The van der Waals surface area contributed by atoms with E-state index in [1.165, 1.54) is 19.2 Å². The molecule has 40 heavy (non-hydrogen) atoms. The molecule has 4 rings (SSSR count). The van der Waals surface area contributed by atoms with Crippen molar-refractivity contribution in [2.75, 3.05) is 13.7 Å². The van der Waals surface area contributed by atoms with Crippen LogP contribution in [0.1, 0.15) is 50.2 Å². The molecule has 1 aliphatic carbocycles. The number of rotatable bonds is 13. The van der Waals surface area contributed by atoms with Crippen molar-refractivity contribution in [2.24, 2.45) is 5.92 Å². The Hall–Kier alpha value is -3.27. The van der Waals surface area contributed by atoms with Gasteiger partial charge in [0.2, 0.25) is 14.7 Å². The standard InChI is InChI=1S/C31H38N2O6S/c1-3-21-38-28-11-9-26(10-12-28)31(33-22-24-17-19-32-20-18-24,30(34)39-23-25-7-5-4-6-8-25)40(35,36)29-15-13-27(37-2)14-16-29/h4-8,13-20,26,28,33H,3,9-12,21-23H2,1-2H3/t26-,28-,31-/m1/s1. The van der Waals surface area contributed by atoms with Crippen molar-refractivity contribution in [3.05, 3.63) is 90.3 Å². The van der Waals surface area contributed by atoms with Gasteiger partial charge in [0.15, 0.2) is 0 Å². The van der Waals surface area contributed by atoms with Gasteiger partial charge < -0.3 is 14.2 Å². The molecular formula is C31H38N2O6S. The number of carbonyl (C=O) groups excluding carboxylic acids is 1. The topological polar surface area (TPSA) is 104 Å². The highest BCUT2D eigenvalue weighted by Gasteiger charge is 2.58. The number of benzene rings is 2. The van der Waals surface area contributed by atoms with Crippen molar-refractivity contribution in [1.29, 1.82) is 0 Å². The molecule has 0 amide bonds. The lowest BCUT2D eigenvalue weighted by atomic mass is 9.81. The summed E-state index contributed by atoms with van der Waals surface area (Å²) in [6.07, 6.45) is 6.54. The van der Waals surface area contributed by atoms with Crippen LogP contribution < -0.4 is 10.1 Å². The van der Waals surface area contributed by atoms with E-state index in [0.29, 0.717) is 38.0 Å². The quantitative estimate of drug-likeness (QED) is 0.286. The van der Waals surface area contributed by atoms with Crippen LogP contribution >= 0.6 is 0 Å². The molecule has 0 unspecified atom stereocenters. The first-order chi connectivity index (χ1) is 19.4. The summed E-state index contributed by atoms with van der Waals surface area (Å²) in [4.78, 5) is 16.3. The van der Waals surface area contributed by atoms with Crippen LogP contribution in [0.15, 0.2) is 84.0 Å². The first-order valence-electron chi connectivity index (χ1n) is 13.8. The second kappa shape index (κ2) is 13.9. The highest BCUT2D eigenvalue weighted by atomic mass is 32.2. The fourth-order valence-electron chi connectivity index (χ4n) is 5.23. The highest BCUT2D eigenvalue weighted by Crippen LogP contribution is 2.41. The van der Waals surface area contributed by atoms with Crippen LogP contribution in [0.4, 0.5) is 0 Å². The Morgan fingerprint density at radius 2 is 1.62 bits per heavy atom. The molecule has 1 aromatic heterocycles. The second-order valence-corrected chi connectivity index (χ2v) is 12.2. The molecule has 1 saturated carbocycles. The van der Waals surface area contributed by atoms with Gasteiger partial charge in [-0.05, 0) is 79.6 Å². The molecular weight excluding hydrogens is 528 g/mol. The Labute approximate surface area is 237 Å². The van der Waals surface area contributed by atoms with E-state index in [1.807, 2.05) is 30.3 Å². The third kappa shape index (κ3) is 6.71. The fourth-order valence-corrected chi connectivity index (χ4v) is 7.31. The number of sulfone groups is 1. The predicted molar refractivity (Wildman–Crippen MR) is 152 cm³/mol. The van der Waals surface area contributed by atoms with Gasteiger partial charge in [0, 0.05) is 31.5 Å². The van der Waals surface area contributed by atoms with Crippen molar-refractivity contribution in [3.8, 4) is 5.75 Å². The number of hydrogen-bond donors (Lipinski definition) is 1. The number of nitrogens with zero attached hydrogens (tertiary/aromatic N) is 1. The van der Waals surface area contributed by atoms with Gasteiger partial charge in [-0.15, -0.1) is 0 Å². The number of aromatic nitrogens is 1. The lowest BCUT2D eigenvalue weighted by molar-refractivity contribution is -0.152. The smallest absolute Gasteiger partial charge is 0.343 e. The fraction of sp³-hybridized carbons (Fsp3) is 0.419. The molecule has 0 aliphatic heterocycles. The largest absolute Gasteiger partial charge is 0.497 e. The highest BCUT2D eigenvalue weighted by molar-refractivity contribution is 7.93. The van der Waals surface area contributed by atoms with Gasteiger partial charge in [-0.1, -0.05) is 37.3 Å². The van der Waals surface area contributed by atoms with Crippen molar-refractivity contribution in [1.82, 2.24) is 10.3 Å². The van der Waals surface area contributed by atoms with E-state index in [9.17, 15) is 13.2 Å². The van der Waals surface area contributed by atoms with Crippen molar-refractivity contribution in [3.63, 3.8) is 0 Å². The third-order valence-electron chi connectivity index (χ3n) is 7.42. The van der Waals surface area contributed by atoms with E-state index in [0.717, 1.165) is 17.5 Å². The molecule has 1 aliphatic rings. The molecule has 1 atom stereocenters. The lowest BCUT2D eigenvalue weighted by Gasteiger charge is -2.42. The number of carbonyl (C=O) groups is 1. The monoisotopic (exact) mass is 566 g/mol. The zero-order valence-corrected chi connectivity index (χ0v) is 23.9. The summed E-state index contributed by atoms with van der Waals surface area (Å²) in [6, 6.07) is 19.0. The maximum absolute atomic E-state index is 14.6. The molecule has 214 valence electrons. The number of hydrogen-bond acceptors (Lipinski definition) is 8. The van der Waals surface area contributed by atoms with Crippen molar-refractivity contribution < 1.29 is 27.4 Å². The summed E-state index contributed by atoms with van der Waals surface area (Å²) in [5, 5.41) is 3.22. The van der Waals surface area contributed by atoms with Gasteiger partial charge in [-0.25, -0.2) is 13.2 Å². The van der Waals surface area contributed by atoms with E-state index in [1.54, 1.807) is 36.7 Å². The van der Waals surface area contributed by atoms with Gasteiger partial charge >= 0.3 is 5.97 Å². The van der Waals surface area contributed by atoms with Crippen LogP contribution in [0.25, 0.3) is 0 Å². The van der Waals surface area contributed by atoms with Gasteiger partial charge in [-0.2, -0.15) is 0 Å². The van der Waals surface area contributed by atoms with Gasteiger partial charge in [0.25, 0.3) is 0 Å². The third-order valence-corrected chi connectivity index (χ3v) is 9.81. The van der Waals surface area contributed by atoms with Gasteiger partial charge in [0.05, 0.1) is 18.1 Å². The minimum atomic E-state index is -4.29. The SMILES string of the molecule is CCCO[C@H]1CC[C@H]([C@](NCc2ccncc2)(C(=O)OCc2ccccc2)S(=O)(=O)c2ccc(OC)cc2)CC1. The summed E-state index contributed by atoms with van der Waals surface area (Å²) < 4.78 is 46.3. The van der Waals surface area contributed by atoms with E-state index < -0.39 is 26.6 Å². The van der Waals surface area contributed by atoms with Crippen LogP contribution in [0.3, 0.4) is 0 Å². The van der Waals surface area contributed by atoms with Gasteiger partial charge in [-0.3, -0.25) is 10.3 Å². The van der Waals surface area contributed by atoms with Crippen LogP contribution in [-0.4, -0.2) is 44.1 Å². The molecule has 1 fully saturated rings. The molecule has 3 aromatic rings. The van der Waals surface area contributed by atoms with Crippen molar-refractivity contribution >= 4 is 15.8 Å². The Kier molecular flexibility index (Phi) is 10.3. The summed E-state index contributed by atoms with van der Waals surface area (Å²) in [7, 11) is -2.78. The molecule has 0 radical (unpaired) electrons. The molecule has 0 spiro atoms. The Bertz CT molecular complexity index is 1310. The Morgan fingerprint density at radius 3 is 2.25 bits per heavy atom. The van der Waals surface area contributed by atoms with E-state index in [2.05, 4.69) is 17.2 Å². The molecule has 9 heteroatoms. The average Bonchev–Trinajstić information content (AvgIpc) is 3.00. The maximum atomic E-state index is 14.6. The van der Waals surface area contributed by atoms with E-state index in [4.69, 9.17) is 14.2 Å². The summed E-state index contributed by atoms with van der Waals surface area (Å²) in [5.41, 5.74) is 1.58. The minimum absolute atomic E-state index is 0.0246.